The number of ether oxygens (including phenoxy) is 1. The number of benzene rings is 1. The third-order valence-corrected chi connectivity index (χ3v) is 6.46. The van der Waals surface area contributed by atoms with Crippen LogP contribution >= 0.6 is 11.6 Å². The van der Waals surface area contributed by atoms with E-state index in [0.717, 1.165) is 0 Å². The molecule has 0 aliphatic carbocycles. The van der Waals surface area contributed by atoms with E-state index in [2.05, 4.69) is 10.0 Å². The largest absolute Gasteiger partial charge is 0.495 e. The molecular formula is C13H19ClN2O6S2. The van der Waals surface area contributed by atoms with Gasteiger partial charge in [0.1, 0.15) is 5.75 Å². The average molecular weight is 399 g/mol. The fourth-order valence-corrected chi connectivity index (χ4v) is 3.86. The third kappa shape index (κ3) is 6.27. The van der Waals surface area contributed by atoms with Crippen LogP contribution in [-0.4, -0.2) is 55.0 Å². The number of hydrogen-bond acceptors (Lipinski definition) is 6. The van der Waals surface area contributed by atoms with Crippen LogP contribution in [0.25, 0.3) is 0 Å². The highest BCUT2D eigenvalue weighted by Crippen LogP contribution is 2.27. The molecule has 0 radical (unpaired) electrons. The lowest BCUT2D eigenvalue weighted by atomic mass is 10.3. The Morgan fingerprint density at radius 1 is 1.21 bits per heavy atom. The molecule has 8 nitrogen and oxygen atoms in total. The number of nitrogens with one attached hydrogen (secondary N) is 2. The number of halogens is 1. The van der Waals surface area contributed by atoms with Crippen LogP contribution in [0, 0.1) is 0 Å². The molecule has 0 aromatic heterocycles. The van der Waals surface area contributed by atoms with Gasteiger partial charge in [-0.15, -0.1) is 0 Å². The first-order valence-electron chi connectivity index (χ1n) is 6.85. The van der Waals surface area contributed by atoms with Gasteiger partial charge in [0, 0.05) is 13.0 Å². The van der Waals surface area contributed by atoms with Gasteiger partial charge in [0.05, 0.1) is 28.5 Å². The lowest BCUT2D eigenvalue weighted by Gasteiger charge is -2.08. The molecule has 0 saturated heterocycles. The summed E-state index contributed by atoms with van der Waals surface area (Å²) < 4.78 is 53.8. The summed E-state index contributed by atoms with van der Waals surface area (Å²) in [5.74, 6) is -0.903. The molecule has 1 aromatic carbocycles. The number of carbonyl (C=O) groups excluding carboxylic acids is 1. The van der Waals surface area contributed by atoms with E-state index in [1.165, 1.54) is 32.4 Å². The second kappa shape index (κ2) is 8.65. The SMILES string of the molecule is CNS(=O)(=O)CCNC(=O)CCS(=O)(=O)c1ccc(OC)c(Cl)c1. The Labute approximate surface area is 146 Å². The predicted molar refractivity (Wildman–Crippen MR) is 90.5 cm³/mol. The van der Waals surface area contributed by atoms with E-state index >= 15 is 0 Å². The zero-order valence-electron chi connectivity index (χ0n) is 13.2. The average Bonchev–Trinajstić information content (AvgIpc) is 2.52. The van der Waals surface area contributed by atoms with E-state index in [-0.39, 0.29) is 28.6 Å². The van der Waals surface area contributed by atoms with Crippen LogP contribution in [0.15, 0.2) is 23.1 Å². The Kier molecular flexibility index (Phi) is 7.46. The Hall–Kier alpha value is -1.36. The van der Waals surface area contributed by atoms with Crippen molar-refractivity contribution in [1.29, 1.82) is 0 Å². The number of sulfone groups is 1. The molecule has 0 saturated carbocycles. The number of methoxy groups -OCH3 is 1. The van der Waals surface area contributed by atoms with Crippen LogP contribution in [0.3, 0.4) is 0 Å². The second-order valence-corrected chi connectivity index (χ2v) is 9.30. The normalized spacial score (nSPS) is 12.0. The summed E-state index contributed by atoms with van der Waals surface area (Å²) in [5, 5.41) is 2.51. The highest BCUT2D eigenvalue weighted by Gasteiger charge is 2.18. The van der Waals surface area contributed by atoms with Crippen LogP contribution in [0.1, 0.15) is 6.42 Å². The van der Waals surface area contributed by atoms with Gasteiger partial charge in [0.15, 0.2) is 9.84 Å². The molecule has 0 heterocycles. The quantitative estimate of drug-likeness (QED) is 0.612. The molecule has 0 spiro atoms. The zero-order valence-corrected chi connectivity index (χ0v) is 15.6. The molecule has 2 N–H and O–H groups in total. The summed E-state index contributed by atoms with van der Waals surface area (Å²) in [6.45, 7) is -0.101. The van der Waals surface area contributed by atoms with E-state index in [9.17, 15) is 21.6 Å². The fraction of sp³-hybridized carbons (Fsp3) is 0.462. The molecule has 136 valence electrons. The summed E-state index contributed by atoms with van der Waals surface area (Å²) in [5.41, 5.74) is 0. The van der Waals surface area contributed by atoms with Gasteiger partial charge in [-0.1, -0.05) is 11.6 Å². The Morgan fingerprint density at radius 2 is 1.88 bits per heavy atom. The zero-order chi connectivity index (χ0) is 18.4. The molecule has 1 amide bonds. The summed E-state index contributed by atoms with van der Waals surface area (Å²) in [7, 11) is -4.44. The van der Waals surface area contributed by atoms with Gasteiger partial charge in [-0.3, -0.25) is 4.79 Å². The number of carbonyl (C=O) groups is 1. The lowest BCUT2D eigenvalue weighted by molar-refractivity contribution is -0.120. The number of hydrogen-bond donors (Lipinski definition) is 2. The first-order chi connectivity index (χ1) is 11.1. The Balaban J connectivity index is 2.59. The number of rotatable bonds is 9. The Morgan fingerprint density at radius 3 is 2.42 bits per heavy atom. The lowest BCUT2D eigenvalue weighted by Crippen LogP contribution is -2.33. The predicted octanol–water partition coefficient (Wildman–Crippen LogP) is 0.178. The molecule has 0 unspecified atom stereocenters. The van der Waals surface area contributed by atoms with E-state index in [4.69, 9.17) is 16.3 Å². The van der Waals surface area contributed by atoms with Gasteiger partial charge in [-0.25, -0.2) is 21.6 Å². The molecule has 0 fully saturated rings. The van der Waals surface area contributed by atoms with E-state index in [0.29, 0.717) is 5.75 Å². The van der Waals surface area contributed by atoms with Gasteiger partial charge in [-0.2, -0.15) is 0 Å². The second-order valence-electron chi connectivity index (χ2n) is 4.74. The van der Waals surface area contributed by atoms with Crippen molar-refractivity contribution in [2.45, 2.75) is 11.3 Å². The summed E-state index contributed by atoms with van der Waals surface area (Å²) in [6, 6.07) is 4.03. The molecule has 0 aliphatic heterocycles. The summed E-state index contributed by atoms with van der Waals surface area (Å²) >= 11 is 5.89. The Bertz CT molecular complexity index is 793. The fourth-order valence-electron chi connectivity index (χ4n) is 1.70. The molecule has 24 heavy (non-hydrogen) atoms. The molecule has 0 atom stereocenters. The van der Waals surface area contributed by atoms with Crippen LogP contribution in [0.5, 0.6) is 5.75 Å². The van der Waals surface area contributed by atoms with Crippen LogP contribution in [-0.2, 0) is 24.7 Å². The molecular weight excluding hydrogens is 380 g/mol. The van der Waals surface area contributed by atoms with Gasteiger partial charge in [-0.05, 0) is 25.2 Å². The maximum atomic E-state index is 12.2. The van der Waals surface area contributed by atoms with Crippen LogP contribution < -0.4 is 14.8 Å². The molecule has 1 aromatic rings. The number of amides is 1. The van der Waals surface area contributed by atoms with E-state index < -0.39 is 31.5 Å². The molecule has 1 rings (SSSR count). The maximum absolute atomic E-state index is 12.2. The molecule has 0 bridgehead atoms. The van der Waals surface area contributed by atoms with Gasteiger partial charge in [0.25, 0.3) is 0 Å². The van der Waals surface area contributed by atoms with Crippen molar-refractivity contribution in [3.05, 3.63) is 23.2 Å². The van der Waals surface area contributed by atoms with Crippen molar-refractivity contribution >= 4 is 37.4 Å². The van der Waals surface area contributed by atoms with Crippen molar-refractivity contribution in [1.82, 2.24) is 10.0 Å². The monoisotopic (exact) mass is 398 g/mol. The minimum Gasteiger partial charge on any atom is -0.495 e. The molecule has 0 aliphatic rings. The first-order valence-corrected chi connectivity index (χ1v) is 10.5. The first kappa shape index (κ1) is 20.7. The van der Waals surface area contributed by atoms with Crippen LogP contribution in [0.2, 0.25) is 5.02 Å². The van der Waals surface area contributed by atoms with Crippen molar-refractivity contribution in [3.8, 4) is 5.75 Å². The minimum absolute atomic E-state index is 0.0149. The van der Waals surface area contributed by atoms with Crippen molar-refractivity contribution < 1.29 is 26.4 Å². The van der Waals surface area contributed by atoms with E-state index in [1.807, 2.05) is 0 Å². The minimum atomic E-state index is -3.69. The van der Waals surface area contributed by atoms with Crippen LogP contribution in [0.4, 0.5) is 0 Å². The van der Waals surface area contributed by atoms with Gasteiger partial charge in [0.2, 0.25) is 15.9 Å². The van der Waals surface area contributed by atoms with Crippen molar-refractivity contribution in [2.24, 2.45) is 0 Å². The van der Waals surface area contributed by atoms with Crippen molar-refractivity contribution in [2.75, 3.05) is 32.2 Å². The third-order valence-electron chi connectivity index (χ3n) is 3.08. The highest BCUT2D eigenvalue weighted by atomic mass is 35.5. The smallest absolute Gasteiger partial charge is 0.221 e. The van der Waals surface area contributed by atoms with Gasteiger partial charge < -0.3 is 10.1 Å². The number of sulfonamides is 1. The molecule has 11 heteroatoms. The maximum Gasteiger partial charge on any atom is 0.221 e. The topological polar surface area (TPSA) is 119 Å². The summed E-state index contributed by atoms with van der Waals surface area (Å²) in [6.07, 6.45) is -0.286. The summed E-state index contributed by atoms with van der Waals surface area (Å²) in [4.78, 5) is 11.6. The van der Waals surface area contributed by atoms with Gasteiger partial charge >= 0.3 is 0 Å². The highest BCUT2D eigenvalue weighted by molar-refractivity contribution is 7.91. The van der Waals surface area contributed by atoms with E-state index in [1.54, 1.807) is 0 Å². The van der Waals surface area contributed by atoms with Crippen molar-refractivity contribution in [3.63, 3.8) is 0 Å². The standard InChI is InChI=1S/C13H19ClN2O6S2/c1-15-24(20,21)8-6-16-13(17)5-7-23(18,19)10-3-4-12(22-2)11(14)9-10/h3-4,9,15H,5-8H2,1-2H3,(H,16,17).